The Morgan fingerprint density at radius 3 is 2.74 bits per heavy atom. The first-order valence-electron chi connectivity index (χ1n) is 6.00. The highest BCUT2D eigenvalue weighted by molar-refractivity contribution is 6.33. The van der Waals surface area contributed by atoms with Gasteiger partial charge in [0.1, 0.15) is 0 Å². The van der Waals surface area contributed by atoms with Gasteiger partial charge in [0.15, 0.2) is 0 Å². The van der Waals surface area contributed by atoms with Gasteiger partial charge in [0.05, 0.1) is 23.8 Å². The van der Waals surface area contributed by atoms with Crippen molar-refractivity contribution in [2.75, 3.05) is 45.7 Å². The summed E-state index contributed by atoms with van der Waals surface area (Å²) in [5.74, 6) is -1.02. The second-order valence-electron chi connectivity index (χ2n) is 4.34. The number of halogens is 1. The average Bonchev–Trinajstić information content (AvgIpc) is 2.32. The van der Waals surface area contributed by atoms with Crippen molar-refractivity contribution < 1.29 is 14.6 Å². The number of carboxylic acid groups (broad SMARTS) is 1. The van der Waals surface area contributed by atoms with E-state index in [1.165, 1.54) is 6.07 Å². The van der Waals surface area contributed by atoms with Gasteiger partial charge >= 0.3 is 5.97 Å². The van der Waals surface area contributed by atoms with Crippen molar-refractivity contribution in [2.24, 2.45) is 0 Å². The average molecular weight is 287 g/mol. The topological polar surface area (TPSA) is 61.8 Å². The number of carbonyl (C=O) groups is 1. The van der Waals surface area contributed by atoms with Crippen molar-refractivity contribution >= 4 is 23.3 Å². The Morgan fingerprint density at radius 1 is 1.42 bits per heavy atom. The fourth-order valence-corrected chi connectivity index (χ4v) is 1.68. The third kappa shape index (κ3) is 5.92. The number of carboxylic acids is 1. The van der Waals surface area contributed by atoms with Gasteiger partial charge in [-0.25, -0.2) is 4.79 Å². The monoisotopic (exact) mass is 286 g/mol. The lowest BCUT2D eigenvalue weighted by Crippen LogP contribution is -2.20. The maximum Gasteiger partial charge on any atom is 0.337 e. The van der Waals surface area contributed by atoms with Gasteiger partial charge in [0, 0.05) is 18.8 Å². The minimum absolute atomic E-state index is 0.106. The Hall–Kier alpha value is -1.30. The van der Waals surface area contributed by atoms with Crippen molar-refractivity contribution in [2.45, 2.75) is 0 Å². The number of ether oxygens (including phenoxy) is 1. The lowest BCUT2D eigenvalue weighted by molar-refractivity contribution is 0.0697. The summed E-state index contributed by atoms with van der Waals surface area (Å²) in [5.41, 5.74) is 0.889. The van der Waals surface area contributed by atoms with Crippen molar-refractivity contribution in [1.82, 2.24) is 4.90 Å². The largest absolute Gasteiger partial charge is 0.478 e. The molecule has 1 aromatic rings. The van der Waals surface area contributed by atoms with Crippen LogP contribution in [0.15, 0.2) is 18.2 Å². The highest BCUT2D eigenvalue weighted by Crippen LogP contribution is 2.20. The number of anilines is 1. The van der Waals surface area contributed by atoms with E-state index in [4.69, 9.17) is 21.4 Å². The first-order chi connectivity index (χ1) is 9.00. The lowest BCUT2D eigenvalue weighted by atomic mass is 10.2. The van der Waals surface area contributed by atoms with Crippen molar-refractivity contribution in [3.05, 3.63) is 28.8 Å². The van der Waals surface area contributed by atoms with Crippen LogP contribution in [-0.2, 0) is 4.74 Å². The van der Waals surface area contributed by atoms with Gasteiger partial charge in [0.2, 0.25) is 0 Å². The molecule has 0 unspecified atom stereocenters. The molecular weight excluding hydrogens is 268 g/mol. The summed E-state index contributed by atoms with van der Waals surface area (Å²) < 4.78 is 5.43. The van der Waals surface area contributed by atoms with E-state index in [-0.39, 0.29) is 10.6 Å². The summed E-state index contributed by atoms with van der Waals surface area (Å²) in [7, 11) is 3.99. The summed E-state index contributed by atoms with van der Waals surface area (Å²) in [6.07, 6.45) is 0. The predicted molar refractivity (Wildman–Crippen MR) is 76.3 cm³/mol. The van der Waals surface area contributed by atoms with Crippen LogP contribution in [0.3, 0.4) is 0 Å². The molecule has 0 saturated carbocycles. The van der Waals surface area contributed by atoms with Crippen LogP contribution < -0.4 is 5.32 Å². The number of nitrogens with one attached hydrogen (secondary N) is 1. The maximum atomic E-state index is 10.8. The van der Waals surface area contributed by atoms with E-state index in [9.17, 15) is 4.79 Å². The van der Waals surface area contributed by atoms with E-state index in [2.05, 4.69) is 10.2 Å². The van der Waals surface area contributed by atoms with Crippen LogP contribution >= 0.6 is 11.6 Å². The molecule has 0 amide bonds. The van der Waals surface area contributed by atoms with Crippen LogP contribution in [0.5, 0.6) is 0 Å². The van der Waals surface area contributed by atoms with Gasteiger partial charge in [-0.15, -0.1) is 0 Å². The Labute approximate surface area is 118 Å². The summed E-state index contributed by atoms with van der Waals surface area (Å²) in [4.78, 5) is 12.8. The van der Waals surface area contributed by atoms with Crippen molar-refractivity contribution in [3.8, 4) is 0 Å². The summed E-state index contributed by atoms with van der Waals surface area (Å²) >= 11 is 5.86. The second kappa shape index (κ2) is 7.99. The molecule has 0 atom stereocenters. The van der Waals surface area contributed by atoms with E-state index < -0.39 is 5.97 Å². The molecule has 0 saturated heterocycles. The third-order valence-electron chi connectivity index (χ3n) is 2.46. The molecule has 0 radical (unpaired) electrons. The smallest absolute Gasteiger partial charge is 0.337 e. The molecule has 6 heteroatoms. The Kier molecular flexibility index (Phi) is 6.62. The zero-order valence-corrected chi connectivity index (χ0v) is 11.9. The van der Waals surface area contributed by atoms with Crippen LogP contribution in [0.25, 0.3) is 0 Å². The number of aromatic carboxylic acids is 1. The number of benzene rings is 1. The number of nitrogens with zero attached hydrogens (tertiary/aromatic N) is 1. The van der Waals surface area contributed by atoms with Crippen LogP contribution in [0.4, 0.5) is 5.69 Å². The normalized spacial score (nSPS) is 10.7. The van der Waals surface area contributed by atoms with Crippen LogP contribution in [0.1, 0.15) is 10.4 Å². The van der Waals surface area contributed by atoms with Gasteiger partial charge in [-0.3, -0.25) is 0 Å². The zero-order chi connectivity index (χ0) is 14.3. The zero-order valence-electron chi connectivity index (χ0n) is 11.1. The summed E-state index contributed by atoms with van der Waals surface area (Å²) in [6, 6.07) is 4.78. The summed E-state index contributed by atoms with van der Waals surface area (Å²) in [5, 5.41) is 12.2. The summed E-state index contributed by atoms with van der Waals surface area (Å²) in [6.45, 7) is 2.81. The molecule has 0 aliphatic carbocycles. The van der Waals surface area contributed by atoms with E-state index in [1.807, 2.05) is 14.1 Å². The van der Waals surface area contributed by atoms with Crippen LogP contribution in [0, 0.1) is 0 Å². The molecule has 1 aromatic carbocycles. The highest BCUT2D eigenvalue weighted by Gasteiger charge is 2.08. The van der Waals surface area contributed by atoms with Gasteiger partial charge in [-0.05, 0) is 32.3 Å². The number of hydrogen-bond donors (Lipinski definition) is 2. The van der Waals surface area contributed by atoms with Crippen LogP contribution in [0.2, 0.25) is 5.02 Å². The van der Waals surface area contributed by atoms with E-state index >= 15 is 0 Å². The van der Waals surface area contributed by atoms with Gasteiger partial charge in [0.25, 0.3) is 0 Å². The third-order valence-corrected chi connectivity index (χ3v) is 2.77. The fourth-order valence-electron chi connectivity index (χ4n) is 1.42. The molecule has 0 aliphatic heterocycles. The van der Waals surface area contributed by atoms with Crippen molar-refractivity contribution in [1.29, 1.82) is 0 Å². The molecule has 106 valence electrons. The van der Waals surface area contributed by atoms with E-state index in [0.29, 0.717) is 19.8 Å². The molecule has 19 heavy (non-hydrogen) atoms. The molecule has 0 spiro atoms. The van der Waals surface area contributed by atoms with Crippen LogP contribution in [-0.4, -0.2) is 56.4 Å². The van der Waals surface area contributed by atoms with Crippen molar-refractivity contribution in [3.63, 3.8) is 0 Å². The molecule has 0 aliphatic rings. The number of likely N-dealkylation sites (N-methyl/N-ethyl adjacent to an activating group) is 1. The van der Waals surface area contributed by atoms with Gasteiger partial charge in [-0.1, -0.05) is 11.6 Å². The molecule has 0 fully saturated rings. The Bertz CT molecular complexity index is 424. The maximum absolute atomic E-state index is 10.8. The molecule has 0 aromatic heterocycles. The van der Waals surface area contributed by atoms with Gasteiger partial charge < -0.3 is 20.1 Å². The lowest BCUT2D eigenvalue weighted by Gasteiger charge is -2.11. The SMILES string of the molecule is CN(C)CCOCCNc1ccc(C(=O)O)c(Cl)c1. The first-order valence-corrected chi connectivity index (χ1v) is 6.37. The minimum Gasteiger partial charge on any atom is -0.478 e. The predicted octanol–water partition coefficient (Wildman–Crippen LogP) is 2.03. The quantitative estimate of drug-likeness (QED) is 0.716. The standard InChI is InChI=1S/C13H19ClN2O3/c1-16(2)6-8-19-7-5-15-10-3-4-11(13(17)18)12(14)9-10/h3-4,9,15H,5-8H2,1-2H3,(H,17,18). The number of hydrogen-bond acceptors (Lipinski definition) is 4. The Balaban J connectivity index is 2.30. The molecule has 5 nitrogen and oxygen atoms in total. The second-order valence-corrected chi connectivity index (χ2v) is 4.75. The minimum atomic E-state index is -1.02. The first kappa shape index (κ1) is 15.8. The highest BCUT2D eigenvalue weighted by atomic mass is 35.5. The van der Waals surface area contributed by atoms with E-state index in [1.54, 1.807) is 12.1 Å². The number of rotatable bonds is 8. The fraction of sp³-hybridized carbons (Fsp3) is 0.462. The molecule has 1 rings (SSSR count). The molecule has 0 bridgehead atoms. The van der Waals surface area contributed by atoms with E-state index in [0.717, 1.165) is 12.2 Å². The molecule has 0 heterocycles. The van der Waals surface area contributed by atoms with Gasteiger partial charge in [-0.2, -0.15) is 0 Å². The molecular formula is C13H19ClN2O3. The molecule has 2 N–H and O–H groups in total. The Morgan fingerprint density at radius 2 is 2.16 bits per heavy atom.